The molecule has 0 atom stereocenters. The summed E-state index contributed by atoms with van der Waals surface area (Å²) in [7, 11) is 0. The summed E-state index contributed by atoms with van der Waals surface area (Å²) >= 11 is 1.88. The Morgan fingerprint density at radius 1 is 0.250 bits per heavy atom. The number of thiophene rings is 1. The van der Waals surface area contributed by atoms with E-state index in [2.05, 4.69) is 239 Å². The lowest BCUT2D eigenvalue weighted by Crippen LogP contribution is -2.13. The normalized spacial score (nSPS) is 11.2. The second-order valence-corrected chi connectivity index (χ2v) is 14.8. The van der Waals surface area contributed by atoms with Crippen molar-refractivity contribution in [2.24, 2.45) is 0 Å². The van der Waals surface area contributed by atoms with Crippen molar-refractivity contribution in [1.29, 1.82) is 0 Å². The van der Waals surface area contributed by atoms with Crippen LogP contribution in [0, 0.1) is 0 Å². The number of para-hydroxylation sites is 6. The van der Waals surface area contributed by atoms with E-state index in [9.17, 15) is 0 Å². The van der Waals surface area contributed by atoms with Gasteiger partial charge < -0.3 is 14.7 Å². The van der Waals surface area contributed by atoms with Crippen LogP contribution in [0.1, 0.15) is 0 Å². The molecule has 0 bridgehead atoms. The van der Waals surface area contributed by atoms with Crippen molar-refractivity contribution in [3.05, 3.63) is 224 Å². The predicted molar refractivity (Wildman–Crippen MR) is 241 cm³/mol. The van der Waals surface area contributed by atoms with Crippen LogP contribution in [-0.4, -0.2) is 0 Å². The first-order valence-electron chi connectivity index (χ1n) is 18.9. The number of hydrogen-bond donors (Lipinski definition) is 0. The van der Waals surface area contributed by atoms with Gasteiger partial charge in [0, 0.05) is 66.4 Å². The Balaban J connectivity index is 1.27. The molecule has 1 aromatic heterocycles. The van der Waals surface area contributed by atoms with Gasteiger partial charge in [0.15, 0.2) is 0 Å². The Morgan fingerprint density at radius 3 is 1.07 bits per heavy atom. The Labute approximate surface area is 331 Å². The second kappa shape index (κ2) is 14.6. The zero-order valence-corrected chi connectivity index (χ0v) is 31.4. The summed E-state index contributed by atoms with van der Waals surface area (Å²) in [6.07, 6.45) is 0. The number of fused-ring (bicyclic) bond motifs is 5. The van der Waals surface area contributed by atoms with Gasteiger partial charge in [0.1, 0.15) is 0 Å². The van der Waals surface area contributed by atoms with Crippen molar-refractivity contribution < 1.29 is 0 Å². The molecule has 0 N–H and O–H groups in total. The van der Waals surface area contributed by atoms with E-state index in [1.807, 2.05) is 11.3 Å². The Morgan fingerprint density at radius 2 is 0.625 bits per heavy atom. The lowest BCUT2D eigenvalue weighted by atomic mass is 10.0. The molecule has 0 fully saturated rings. The number of anilines is 9. The van der Waals surface area contributed by atoms with Crippen LogP contribution in [0.5, 0.6) is 0 Å². The third kappa shape index (κ3) is 6.12. The number of hydrogen-bond acceptors (Lipinski definition) is 4. The van der Waals surface area contributed by atoms with Crippen LogP contribution in [-0.2, 0) is 0 Å². The number of rotatable bonds is 9. The van der Waals surface area contributed by atoms with Gasteiger partial charge in [-0.05, 0) is 102 Å². The summed E-state index contributed by atoms with van der Waals surface area (Å²) in [5, 5.41) is 4.92. The lowest BCUT2D eigenvalue weighted by Gasteiger charge is -2.30. The Kier molecular flexibility index (Phi) is 8.71. The average Bonchev–Trinajstić information content (AvgIpc) is 3.66. The molecule has 0 unspecified atom stereocenters. The van der Waals surface area contributed by atoms with Gasteiger partial charge in [-0.25, -0.2) is 0 Å². The third-order valence-electron chi connectivity index (χ3n) is 10.3. The minimum atomic E-state index is 1.09. The SMILES string of the molecule is c1ccc(N(c2ccccc2)c2cc(N(c3ccccc3)c3ccccc3)c3sc4c5cc(N(c6ccccc6)c6ccccc6)ccc5ccc4c3c2)cc1. The standard InChI is InChI=1S/C52H37N3S/c1-7-19-39(20-8-1)53(40-21-9-2-10-22-40)45-33-31-38-32-34-47-49-36-46(54(41-23-11-3-12-24-41)42-25-13-4-14-26-42)37-50(52(49)56-51(47)48(38)35-45)55(43-27-15-5-16-28-43)44-29-17-6-18-30-44/h1-37H. The smallest absolute Gasteiger partial charge is 0.0661 e. The molecule has 0 radical (unpaired) electrons. The number of nitrogens with zero attached hydrogens (tertiary/aromatic N) is 3. The molecule has 0 aliphatic heterocycles. The largest absolute Gasteiger partial charge is 0.310 e. The van der Waals surface area contributed by atoms with Gasteiger partial charge in [0.25, 0.3) is 0 Å². The van der Waals surface area contributed by atoms with Crippen LogP contribution < -0.4 is 14.7 Å². The monoisotopic (exact) mass is 735 g/mol. The molecular weight excluding hydrogens is 699 g/mol. The van der Waals surface area contributed by atoms with E-state index < -0.39 is 0 Å². The molecule has 10 rings (SSSR count). The van der Waals surface area contributed by atoms with E-state index in [0.29, 0.717) is 0 Å². The maximum Gasteiger partial charge on any atom is 0.0661 e. The third-order valence-corrected chi connectivity index (χ3v) is 11.6. The minimum Gasteiger partial charge on any atom is -0.310 e. The van der Waals surface area contributed by atoms with Crippen LogP contribution in [0.25, 0.3) is 30.9 Å². The molecular formula is C52H37N3S. The fourth-order valence-electron chi connectivity index (χ4n) is 7.83. The molecule has 56 heavy (non-hydrogen) atoms. The van der Waals surface area contributed by atoms with Crippen molar-refractivity contribution in [3.8, 4) is 0 Å². The van der Waals surface area contributed by atoms with Crippen LogP contribution in [0.2, 0.25) is 0 Å². The van der Waals surface area contributed by atoms with Gasteiger partial charge in [-0.2, -0.15) is 0 Å². The van der Waals surface area contributed by atoms with Crippen molar-refractivity contribution in [3.63, 3.8) is 0 Å². The zero-order valence-electron chi connectivity index (χ0n) is 30.6. The van der Waals surface area contributed by atoms with Crippen LogP contribution in [0.4, 0.5) is 51.2 Å². The fraction of sp³-hybridized carbons (Fsp3) is 0. The summed E-state index contributed by atoms with van der Waals surface area (Å²) in [6.45, 7) is 0. The molecule has 0 spiro atoms. The zero-order chi connectivity index (χ0) is 37.3. The highest BCUT2D eigenvalue weighted by Gasteiger charge is 2.23. The molecule has 10 aromatic rings. The summed E-state index contributed by atoms with van der Waals surface area (Å²) < 4.78 is 2.50. The molecule has 4 heteroatoms. The van der Waals surface area contributed by atoms with Crippen molar-refractivity contribution >= 4 is 93.5 Å². The van der Waals surface area contributed by atoms with E-state index in [0.717, 1.165) is 51.2 Å². The lowest BCUT2D eigenvalue weighted by molar-refractivity contribution is 1.26. The number of benzene rings is 9. The van der Waals surface area contributed by atoms with Crippen molar-refractivity contribution in [2.45, 2.75) is 0 Å². The van der Waals surface area contributed by atoms with E-state index in [1.165, 1.54) is 30.9 Å². The van der Waals surface area contributed by atoms with Gasteiger partial charge in [-0.1, -0.05) is 127 Å². The van der Waals surface area contributed by atoms with E-state index in [1.54, 1.807) is 0 Å². The minimum absolute atomic E-state index is 1.09. The van der Waals surface area contributed by atoms with Gasteiger partial charge in [0.05, 0.1) is 10.4 Å². The highest BCUT2D eigenvalue weighted by atomic mass is 32.1. The van der Waals surface area contributed by atoms with Gasteiger partial charge in [-0.15, -0.1) is 11.3 Å². The van der Waals surface area contributed by atoms with E-state index >= 15 is 0 Å². The van der Waals surface area contributed by atoms with E-state index in [-0.39, 0.29) is 0 Å². The van der Waals surface area contributed by atoms with Crippen molar-refractivity contribution in [1.82, 2.24) is 0 Å². The molecule has 3 nitrogen and oxygen atoms in total. The first-order valence-corrected chi connectivity index (χ1v) is 19.8. The van der Waals surface area contributed by atoms with Gasteiger partial charge >= 0.3 is 0 Å². The summed E-state index contributed by atoms with van der Waals surface area (Å²) in [5.41, 5.74) is 10.0. The highest BCUT2D eigenvalue weighted by molar-refractivity contribution is 7.27. The Hall–Kier alpha value is -7.14. The van der Waals surface area contributed by atoms with E-state index in [4.69, 9.17) is 0 Å². The molecule has 0 amide bonds. The molecule has 9 aromatic carbocycles. The predicted octanol–water partition coefficient (Wildman–Crippen LogP) is 15.6. The fourth-order valence-corrected chi connectivity index (χ4v) is 9.14. The maximum atomic E-state index is 2.41. The van der Waals surface area contributed by atoms with Crippen LogP contribution in [0.15, 0.2) is 224 Å². The van der Waals surface area contributed by atoms with Crippen molar-refractivity contribution in [2.75, 3.05) is 14.7 Å². The Bertz CT molecular complexity index is 2780. The average molecular weight is 736 g/mol. The summed E-state index contributed by atoms with van der Waals surface area (Å²) in [4.78, 5) is 7.13. The first-order chi connectivity index (χ1) is 27.8. The summed E-state index contributed by atoms with van der Waals surface area (Å²) in [5.74, 6) is 0. The second-order valence-electron chi connectivity index (χ2n) is 13.8. The molecule has 0 saturated heterocycles. The highest BCUT2D eigenvalue weighted by Crippen LogP contribution is 2.50. The first kappa shape index (κ1) is 33.4. The quantitative estimate of drug-likeness (QED) is 0.146. The molecule has 0 aliphatic carbocycles. The molecule has 1 heterocycles. The molecule has 0 saturated carbocycles. The topological polar surface area (TPSA) is 9.72 Å². The summed E-state index contributed by atoms with van der Waals surface area (Å²) in [6, 6.07) is 80.4. The van der Waals surface area contributed by atoms with Crippen LogP contribution >= 0.6 is 11.3 Å². The van der Waals surface area contributed by atoms with Crippen LogP contribution in [0.3, 0.4) is 0 Å². The van der Waals surface area contributed by atoms with Gasteiger partial charge in [0.2, 0.25) is 0 Å². The molecule has 0 aliphatic rings. The maximum absolute atomic E-state index is 2.41. The van der Waals surface area contributed by atoms with Gasteiger partial charge in [-0.3, -0.25) is 0 Å². The molecule has 266 valence electrons.